The smallest absolute Gasteiger partial charge is 0.244 e. The molecule has 0 radical (unpaired) electrons. The summed E-state index contributed by atoms with van der Waals surface area (Å²) >= 11 is 3.18. The summed E-state index contributed by atoms with van der Waals surface area (Å²) in [5.74, 6) is 0.149. The third-order valence-corrected chi connectivity index (χ3v) is 3.05. The first kappa shape index (κ1) is 14.5. The van der Waals surface area contributed by atoms with E-state index < -0.39 is 0 Å². The van der Waals surface area contributed by atoms with E-state index in [0.717, 1.165) is 5.56 Å². The number of halogens is 2. The van der Waals surface area contributed by atoms with Crippen LogP contribution < -0.4 is 5.32 Å². The van der Waals surface area contributed by atoms with E-state index >= 15 is 0 Å². The fraction of sp³-hybridized carbons (Fsp3) is 0.133. The summed E-state index contributed by atoms with van der Waals surface area (Å²) in [5.41, 5.74) is 0.977. The first-order valence-electron chi connectivity index (χ1n) is 6.09. The second-order valence-corrected chi connectivity index (χ2v) is 4.92. The van der Waals surface area contributed by atoms with E-state index in [1.807, 2.05) is 0 Å². The van der Waals surface area contributed by atoms with Crippen LogP contribution in [0.15, 0.2) is 51.6 Å². The van der Waals surface area contributed by atoms with Gasteiger partial charge in [-0.05, 0) is 58.3 Å². The van der Waals surface area contributed by atoms with E-state index in [9.17, 15) is 9.18 Å². The van der Waals surface area contributed by atoms with Crippen molar-refractivity contribution in [1.29, 1.82) is 0 Å². The van der Waals surface area contributed by atoms with E-state index in [1.165, 1.54) is 18.2 Å². The molecule has 104 valence electrons. The molecule has 0 fully saturated rings. The summed E-state index contributed by atoms with van der Waals surface area (Å²) in [6.45, 7) is 0.497. The fourth-order valence-corrected chi connectivity index (χ4v) is 1.93. The molecule has 1 heterocycles. The van der Waals surface area contributed by atoms with Gasteiger partial charge in [-0.25, -0.2) is 4.39 Å². The van der Waals surface area contributed by atoms with Crippen LogP contribution >= 0.6 is 15.9 Å². The number of carbonyl (C=O) groups excluding carboxylic acids is 1. The Labute approximate surface area is 124 Å². The van der Waals surface area contributed by atoms with E-state index in [4.69, 9.17) is 4.42 Å². The Morgan fingerprint density at radius 3 is 2.65 bits per heavy atom. The Balaban J connectivity index is 1.75. The Bertz CT molecular complexity index is 605. The van der Waals surface area contributed by atoms with Crippen LogP contribution in [-0.4, -0.2) is 12.5 Å². The van der Waals surface area contributed by atoms with Gasteiger partial charge in [0.05, 0.1) is 0 Å². The molecule has 3 nitrogen and oxygen atoms in total. The molecular formula is C15H13BrFNO2. The van der Waals surface area contributed by atoms with Crippen molar-refractivity contribution in [3.63, 3.8) is 0 Å². The molecule has 1 amide bonds. The second-order valence-electron chi connectivity index (χ2n) is 4.14. The Hall–Kier alpha value is -1.88. The van der Waals surface area contributed by atoms with Gasteiger partial charge in [0.2, 0.25) is 5.91 Å². The van der Waals surface area contributed by atoms with Gasteiger partial charge in [0.1, 0.15) is 11.6 Å². The van der Waals surface area contributed by atoms with Gasteiger partial charge >= 0.3 is 0 Å². The van der Waals surface area contributed by atoms with Crippen molar-refractivity contribution in [2.75, 3.05) is 6.54 Å². The molecule has 1 aromatic heterocycles. The molecule has 0 unspecified atom stereocenters. The van der Waals surface area contributed by atoms with Crippen molar-refractivity contribution in [1.82, 2.24) is 5.32 Å². The molecule has 0 aliphatic carbocycles. The SMILES string of the molecule is O=C(/C=C/c1ccc(Br)o1)NCCc1ccc(F)cc1. The van der Waals surface area contributed by atoms with Gasteiger partial charge in [0.15, 0.2) is 4.67 Å². The minimum atomic E-state index is -0.259. The maximum Gasteiger partial charge on any atom is 0.244 e. The lowest BCUT2D eigenvalue weighted by molar-refractivity contribution is -0.116. The molecule has 20 heavy (non-hydrogen) atoms. The normalized spacial score (nSPS) is 10.9. The number of nitrogens with one attached hydrogen (secondary N) is 1. The number of furan rings is 1. The van der Waals surface area contributed by atoms with Crippen LogP contribution in [-0.2, 0) is 11.2 Å². The lowest BCUT2D eigenvalue weighted by Crippen LogP contribution is -2.23. The summed E-state index contributed by atoms with van der Waals surface area (Å²) in [7, 11) is 0. The summed E-state index contributed by atoms with van der Waals surface area (Å²) in [6, 6.07) is 9.74. The molecule has 0 spiro atoms. The molecular weight excluding hydrogens is 325 g/mol. The first-order chi connectivity index (χ1) is 9.63. The lowest BCUT2D eigenvalue weighted by Gasteiger charge is -2.02. The van der Waals surface area contributed by atoms with Gasteiger partial charge in [-0.15, -0.1) is 0 Å². The number of hydrogen-bond donors (Lipinski definition) is 1. The minimum Gasteiger partial charge on any atom is -0.450 e. The molecule has 0 aliphatic rings. The average Bonchev–Trinajstić information content (AvgIpc) is 2.85. The maximum atomic E-state index is 12.7. The van der Waals surface area contributed by atoms with Crippen LogP contribution in [0.5, 0.6) is 0 Å². The van der Waals surface area contributed by atoms with Crippen molar-refractivity contribution < 1.29 is 13.6 Å². The van der Waals surface area contributed by atoms with Gasteiger partial charge in [-0.2, -0.15) is 0 Å². The minimum absolute atomic E-state index is 0.195. The predicted octanol–water partition coefficient (Wildman–Crippen LogP) is 3.55. The zero-order chi connectivity index (χ0) is 14.4. The summed E-state index contributed by atoms with van der Waals surface area (Å²) in [5, 5.41) is 2.75. The topological polar surface area (TPSA) is 42.2 Å². The molecule has 2 aromatic rings. The summed E-state index contributed by atoms with van der Waals surface area (Å²) in [4.78, 5) is 11.6. The van der Waals surface area contributed by atoms with Gasteiger partial charge in [0, 0.05) is 12.6 Å². The molecule has 1 aromatic carbocycles. The molecule has 0 aliphatic heterocycles. The van der Waals surface area contributed by atoms with Crippen LogP contribution in [0.25, 0.3) is 6.08 Å². The highest BCUT2D eigenvalue weighted by Gasteiger charge is 1.99. The molecule has 0 bridgehead atoms. The summed E-state index contributed by atoms with van der Waals surface area (Å²) in [6.07, 6.45) is 3.67. The average molecular weight is 338 g/mol. The molecule has 0 atom stereocenters. The Morgan fingerprint density at radius 2 is 2.00 bits per heavy atom. The second kappa shape index (κ2) is 7.05. The van der Waals surface area contributed by atoms with Crippen LogP contribution in [0.2, 0.25) is 0 Å². The van der Waals surface area contributed by atoms with Crippen molar-refractivity contribution in [2.24, 2.45) is 0 Å². The van der Waals surface area contributed by atoms with Crippen LogP contribution in [0.3, 0.4) is 0 Å². The number of rotatable bonds is 5. The third-order valence-electron chi connectivity index (χ3n) is 2.62. The zero-order valence-electron chi connectivity index (χ0n) is 10.6. The molecule has 0 saturated heterocycles. The quantitative estimate of drug-likeness (QED) is 0.847. The number of hydrogen-bond acceptors (Lipinski definition) is 2. The van der Waals surface area contributed by atoms with Gasteiger partial charge < -0.3 is 9.73 Å². The third kappa shape index (κ3) is 4.66. The van der Waals surface area contributed by atoms with E-state index in [1.54, 1.807) is 30.3 Å². The standard InChI is InChI=1S/C15H13BrFNO2/c16-14-7-5-13(20-14)6-8-15(19)18-10-9-11-1-3-12(17)4-2-11/h1-8H,9-10H2,(H,18,19)/b8-6+. The highest BCUT2D eigenvalue weighted by Crippen LogP contribution is 2.14. The predicted molar refractivity (Wildman–Crippen MR) is 78.6 cm³/mol. The number of carbonyl (C=O) groups is 1. The van der Waals surface area contributed by atoms with Gasteiger partial charge in [-0.1, -0.05) is 12.1 Å². The largest absolute Gasteiger partial charge is 0.450 e. The lowest BCUT2D eigenvalue weighted by atomic mass is 10.1. The Kier molecular flexibility index (Phi) is 5.12. The number of benzene rings is 1. The summed E-state index contributed by atoms with van der Waals surface area (Å²) < 4.78 is 18.6. The molecule has 2 rings (SSSR count). The van der Waals surface area contributed by atoms with Gasteiger partial charge in [0.25, 0.3) is 0 Å². The maximum absolute atomic E-state index is 12.7. The van der Waals surface area contributed by atoms with Crippen molar-refractivity contribution in [3.8, 4) is 0 Å². The van der Waals surface area contributed by atoms with Crippen LogP contribution in [0, 0.1) is 5.82 Å². The van der Waals surface area contributed by atoms with Gasteiger partial charge in [-0.3, -0.25) is 4.79 Å². The fourth-order valence-electron chi connectivity index (χ4n) is 1.62. The van der Waals surface area contributed by atoms with E-state index in [-0.39, 0.29) is 11.7 Å². The van der Waals surface area contributed by atoms with Crippen molar-refractivity contribution in [3.05, 3.63) is 64.3 Å². The van der Waals surface area contributed by atoms with Crippen molar-refractivity contribution in [2.45, 2.75) is 6.42 Å². The van der Waals surface area contributed by atoms with E-state index in [0.29, 0.717) is 23.4 Å². The molecule has 0 saturated carbocycles. The highest BCUT2D eigenvalue weighted by atomic mass is 79.9. The molecule has 1 N–H and O–H groups in total. The number of amides is 1. The monoisotopic (exact) mass is 337 g/mol. The van der Waals surface area contributed by atoms with Crippen LogP contribution in [0.4, 0.5) is 4.39 Å². The zero-order valence-corrected chi connectivity index (χ0v) is 12.2. The Morgan fingerprint density at radius 1 is 1.25 bits per heavy atom. The molecule has 5 heteroatoms. The van der Waals surface area contributed by atoms with Crippen molar-refractivity contribution >= 4 is 27.9 Å². The van der Waals surface area contributed by atoms with E-state index in [2.05, 4.69) is 21.2 Å². The first-order valence-corrected chi connectivity index (χ1v) is 6.88. The van der Waals surface area contributed by atoms with Crippen LogP contribution in [0.1, 0.15) is 11.3 Å². The highest BCUT2D eigenvalue weighted by molar-refractivity contribution is 9.10.